The summed E-state index contributed by atoms with van der Waals surface area (Å²) in [5, 5.41) is 0. The number of amides is 1. The number of hydrogen-bond donors (Lipinski definition) is 0. The van der Waals surface area contributed by atoms with Crippen LogP contribution in [0.2, 0.25) is 0 Å². The number of alkyl halides is 3. The van der Waals surface area contributed by atoms with Crippen LogP contribution in [0.15, 0.2) is 6.07 Å². The van der Waals surface area contributed by atoms with Crippen LogP contribution < -0.4 is 4.90 Å². The van der Waals surface area contributed by atoms with E-state index in [1.807, 2.05) is 16.7 Å². The minimum atomic E-state index is -4.50. The zero-order valence-corrected chi connectivity index (χ0v) is 14.2. The predicted molar refractivity (Wildman–Crippen MR) is 86.0 cm³/mol. The molecule has 5 nitrogen and oxygen atoms in total. The number of aromatic nitrogens is 2. The number of anilines is 1. The van der Waals surface area contributed by atoms with Crippen molar-refractivity contribution in [1.82, 2.24) is 14.9 Å². The van der Waals surface area contributed by atoms with Gasteiger partial charge in [-0.3, -0.25) is 4.79 Å². The fraction of sp³-hybridized carbons (Fsp3) is 0.667. The van der Waals surface area contributed by atoms with Crippen LogP contribution in [0.5, 0.6) is 0 Å². The summed E-state index contributed by atoms with van der Waals surface area (Å²) in [6, 6.07) is 0.970. The lowest BCUT2D eigenvalue weighted by atomic mass is 10.1. The van der Waals surface area contributed by atoms with Gasteiger partial charge in [-0.1, -0.05) is 0 Å². The van der Waals surface area contributed by atoms with Crippen LogP contribution >= 0.6 is 11.8 Å². The molecule has 1 unspecified atom stereocenters. The minimum absolute atomic E-state index is 0.0858. The van der Waals surface area contributed by atoms with E-state index >= 15 is 0 Å². The van der Waals surface area contributed by atoms with Crippen molar-refractivity contribution in [2.75, 3.05) is 42.6 Å². The second kappa shape index (κ2) is 6.78. The average molecular weight is 360 g/mol. The molecule has 2 fully saturated rings. The monoisotopic (exact) mass is 360 g/mol. The summed E-state index contributed by atoms with van der Waals surface area (Å²) in [5.41, 5.74) is -0.937. The van der Waals surface area contributed by atoms with Gasteiger partial charge in [-0.2, -0.15) is 24.9 Å². The first kappa shape index (κ1) is 17.3. The molecule has 0 aromatic carbocycles. The standard InChI is InChI=1S/C15H19F3N4OS/c1-10-19-12(15(16,17)18)8-13(20-10)22-3-2-11(9-22)14(23)21-4-6-24-7-5-21/h8,11H,2-7,9H2,1H3. The van der Waals surface area contributed by atoms with E-state index in [1.165, 1.54) is 6.92 Å². The number of carbonyl (C=O) groups excluding carboxylic acids is 1. The Hall–Kier alpha value is -1.51. The molecule has 0 saturated carbocycles. The first-order valence-electron chi connectivity index (χ1n) is 7.89. The van der Waals surface area contributed by atoms with Crippen molar-refractivity contribution in [2.45, 2.75) is 19.5 Å². The third kappa shape index (κ3) is 3.76. The van der Waals surface area contributed by atoms with Crippen molar-refractivity contribution in [1.29, 1.82) is 0 Å². The Balaban J connectivity index is 1.71. The quantitative estimate of drug-likeness (QED) is 0.809. The summed E-state index contributed by atoms with van der Waals surface area (Å²) >= 11 is 1.83. The summed E-state index contributed by atoms with van der Waals surface area (Å²) < 4.78 is 38.7. The van der Waals surface area contributed by atoms with E-state index in [-0.39, 0.29) is 23.5 Å². The Kier molecular flexibility index (Phi) is 4.89. The van der Waals surface area contributed by atoms with Crippen LogP contribution in [-0.4, -0.2) is 58.5 Å². The van der Waals surface area contributed by atoms with Crippen LogP contribution in [0, 0.1) is 12.8 Å². The fourth-order valence-corrected chi connectivity index (χ4v) is 3.97. The molecule has 24 heavy (non-hydrogen) atoms. The van der Waals surface area contributed by atoms with Gasteiger partial charge in [0.2, 0.25) is 5.91 Å². The molecular formula is C15H19F3N4OS. The zero-order valence-electron chi connectivity index (χ0n) is 13.3. The maximum atomic E-state index is 12.9. The molecule has 2 aliphatic rings. The summed E-state index contributed by atoms with van der Waals surface area (Å²) in [6.45, 7) is 3.90. The summed E-state index contributed by atoms with van der Waals surface area (Å²) in [6.07, 6.45) is -3.85. The number of thioether (sulfide) groups is 1. The molecule has 3 rings (SSSR count). The minimum Gasteiger partial charge on any atom is -0.356 e. The molecule has 0 N–H and O–H groups in total. The number of aryl methyl sites for hydroxylation is 1. The lowest BCUT2D eigenvalue weighted by Crippen LogP contribution is -2.42. The highest BCUT2D eigenvalue weighted by Crippen LogP contribution is 2.31. The number of carbonyl (C=O) groups is 1. The Labute approximate surface area is 142 Å². The molecule has 0 radical (unpaired) electrons. The highest BCUT2D eigenvalue weighted by Gasteiger charge is 2.36. The molecular weight excluding hydrogens is 341 g/mol. The Morgan fingerprint density at radius 3 is 2.62 bits per heavy atom. The average Bonchev–Trinajstić information content (AvgIpc) is 3.03. The van der Waals surface area contributed by atoms with Gasteiger partial charge >= 0.3 is 6.18 Å². The molecule has 2 saturated heterocycles. The summed E-state index contributed by atoms with van der Waals surface area (Å²) in [7, 11) is 0. The second-order valence-electron chi connectivity index (χ2n) is 6.03. The number of nitrogens with zero attached hydrogens (tertiary/aromatic N) is 4. The van der Waals surface area contributed by atoms with Crippen molar-refractivity contribution in [3.63, 3.8) is 0 Å². The van der Waals surface area contributed by atoms with Crippen LogP contribution in [0.4, 0.5) is 19.0 Å². The molecule has 1 atom stereocenters. The van der Waals surface area contributed by atoms with Crippen molar-refractivity contribution in [3.05, 3.63) is 17.6 Å². The molecule has 1 amide bonds. The van der Waals surface area contributed by atoms with Gasteiger partial charge in [-0.25, -0.2) is 9.97 Å². The molecule has 3 heterocycles. The maximum Gasteiger partial charge on any atom is 0.433 e. The smallest absolute Gasteiger partial charge is 0.356 e. The summed E-state index contributed by atoms with van der Waals surface area (Å²) in [5.74, 6) is 2.17. The van der Waals surface area contributed by atoms with E-state index in [1.54, 1.807) is 4.90 Å². The molecule has 9 heteroatoms. The van der Waals surface area contributed by atoms with Gasteiger partial charge in [0, 0.05) is 43.8 Å². The summed E-state index contributed by atoms with van der Waals surface area (Å²) in [4.78, 5) is 23.8. The van der Waals surface area contributed by atoms with Gasteiger partial charge < -0.3 is 9.80 Å². The van der Waals surface area contributed by atoms with E-state index in [0.717, 1.165) is 30.7 Å². The normalized spacial score (nSPS) is 22.1. The van der Waals surface area contributed by atoms with E-state index in [9.17, 15) is 18.0 Å². The Morgan fingerprint density at radius 2 is 1.96 bits per heavy atom. The van der Waals surface area contributed by atoms with E-state index in [4.69, 9.17) is 0 Å². The van der Waals surface area contributed by atoms with E-state index in [2.05, 4.69) is 9.97 Å². The fourth-order valence-electron chi connectivity index (χ4n) is 3.07. The van der Waals surface area contributed by atoms with Gasteiger partial charge in [-0.05, 0) is 13.3 Å². The molecule has 1 aromatic rings. The molecule has 0 bridgehead atoms. The van der Waals surface area contributed by atoms with E-state index < -0.39 is 11.9 Å². The zero-order chi connectivity index (χ0) is 17.3. The van der Waals surface area contributed by atoms with Crippen molar-refractivity contribution in [3.8, 4) is 0 Å². The Bertz CT molecular complexity index is 619. The maximum absolute atomic E-state index is 12.9. The van der Waals surface area contributed by atoms with Crippen LogP contribution in [0.25, 0.3) is 0 Å². The molecule has 0 aliphatic carbocycles. The number of hydrogen-bond acceptors (Lipinski definition) is 5. The molecule has 0 spiro atoms. The first-order valence-corrected chi connectivity index (χ1v) is 9.04. The van der Waals surface area contributed by atoms with Gasteiger partial charge in [-0.15, -0.1) is 0 Å². The van der Waals surface area contributed by atoms with Crippen molar-refractivity contribution >= 4 is 23.5 Å². The van der Waals surface area contributed by atoms with Crippen LogP contribution in [0.1, 0.15) is 17.9 Å². The number of rotatable bonds is 2. The van der Waals surface area contributed by atoms with Crippen LogP contribution in [0.3, 0.4) is 0 Å². The van der Waals surface area contributed by atoms with Gasteiger partial charge in [0.15, 0.2) is 0 Å². The second-order valence-corrected chi connectivity index (χ2v) is 7.25. The van der Waals surface area contributed by atoms with E-state index in [0.29, 0.717) is 19.5 Å². The third-order valence-electron chi connectivity index (χ3n) is 4.30. The van der Waals surface area contributed by atoms with Crippen LogP contribution in [-0.2, 0) is 11.0 Å². The van der Waals surface area contributed by atoms with Gasteiger partial charge in [0.25, 0.3) is 0 Å². The highest BCUT2D eigenvalue weighted by atomic mass is 32.2. The first-order chi connectivity index (χ1) is 11.3. The lowest BCUT2D eigenvalue weighted by molar-refractivity contribution is -0.141. The number of halogens is 3. The molecule has 2 aliphatic heterocycles. The lowest BCUT2D eigenvalue weighted by Gasteiger charge is -2.29. The predicted octanol–water partition coefficient (Wildman–Crippen LogP) is 2.21. The topological polar surface area (TPSA) is 49.3 Å². The Morgan fingerprint density at radius 1 is 1.25 bits per heavy atom. The largest absolute Gasteiger partial charge is 0.433 e. The highest BCUT2D eigenvalue weighted by molar-refractivity contribution is 7.99. The van der Waals surface area contributed by atoms with Gasteiger partial charge in [0.05, 0.1) is 5.92 Å². The van der Waals surface area contributed by atoms with Crippen molar-refractivity contribution < 1.29 is 18.0 Å². The van der Waals surface area contributed by atoms with Gasteiger partial charge in [0.1, 0.15) is 17.3 Å². The molecule has 1 aromatic heterocycles. The SMILES string of the molecule is Cc1nc(N2CCC(C(=O)N3CCSCC3)C2)cc(C(F)(F)F)n1. The third-order valence-corrected chi connectivity index (χ3v) is 5.24. The molecule has 132 valence electrons. The van der Waals surface area contributed by atoms with Crippen molar-refractivity contribution in [2.24, 2.45) is 5.92 Å².